The van der Waals surface area contributed by atoms with Crippen molar-refractivity contribution >= 4 is 0 Å². The lowest BCUT2D eigenvalue weighted by molar-refractivity contribution is 2.31. The lowest BCUT2D eigenvalue weighted by atomic mass is 10.4. The molecular weight excluding hydrogens is 685 g/mol. The zero-order valence-corrected chi connectivity index (χ0v) is 28.7. The second-order valence-electron chi connectivity index (χ2n) is 6.93. The van der Waals surface area contributed by atoms with Crippen LogP contribution in [0.2, 0.25) is 0 Å². The van der Waals surface area contributed by atoms with E-state index in [2.05, 4.69) is 327 Å². The molecule has 0 unspecified atom stereocenters. The molecule has 0 N–H and O–H groups in total. The molecule has 0 atom stereocenters. The third-order valence-electron chi connectivity index (χ3n) is 3.40. The van der Waals surface area contributed by atoms with Gasteiger partial charge in [0.15, 0.2) is 0 Å². The van der Waals surface area contributed by atoms with Crippen molar-refractivity contribution in [2.24, 2.45) is 0 Å². The average Bonchev–Trinajstić information content (AvgIpc) is 3.22. The van der Waals surface area contributed by atoms with E-state index >= 15 is 0 Å². The summed E-state index contributed by atoms with van der Waals surface area (Å²) in [7, 11) is 0. The van der Waals surface area contributed by atoms with Crippen molar-refractivity contribution < 1.29 is 0 Å². The third kappa shape index (κ3) is 43.5. The van der Waals surface area contributed by atoms with Crippen molar-refractivity contribution in [3.05, 3.63) is 13.3 Å². The smallest absolute Gasteiger partial charge is 0 e. The molecule has 0 aromatic rings. The fourth-order valence-corrected chi connectivity index (χ4v) is 1.67. The molecule has 0 nitrogen and oxygen atoms in total. The average molecular weight is 687 g/mol. The molecule has 0 rings (SSSR count). The van der Waals surface area contributed by atoms with E-state index in [0.29, 0.717) is 0 Å². The van der Waals surface area contributed by atoms with E-state index in [9.17, 15) is 0 Å². The summed E-state index contributed by atoms with van der Waals surface area (Å²) in [4.78, 5) is 0. The molecule has 0 aromatic carbocycles. The van der Waals surface area contributed by atoms with Crippen LogP contribution in [-0.4, -0.2) is 0 Å². The lowest BCUT2D eigenvalue weighted by Crippen LogP contribution is -1.57. The normalized spacial score (nSPS) is 3.91. The van der Waals surface area contributed by atoms with Gasteiger partial charge in [-0.2, -0.15) is 6.92 Å². The van der Waals surface area contributed by atoms with Crippen molar-refractivity contribution in [3.63, 3.8) is 0 Å². The summed E-state index contributed by atoms with van der Waals surface area (Å²) in [6.45, 7) is 3.31. The van der Waals surface area contributed by atoms with Gasteiger partial charge in [0.05, 0.1) is 0 Å². The van der Waals surface area contributed by atoms with Crippen molar-refractivity contribution in [1.82, 2.24) is 0 Å². The Bertz CT molecular complexity index is 3570. The minimum atomic E-state index is 1.87. The maximum atomic E-state index is 6.57. The number of hydrogen-bond acceptors (Lipinski definition) is 0. The SMILES string of the molecule is [C-]#CC#CC#CC#CC#CC#CC#CC#CC#CC#CC#CC#CC#CC#CC#CC#CC#CC#CC#CC#CC#CC#CC#CC#CC#CC#CC#CC#C[CH2-]. The largest absolute Gasteiger partial charge is 0.358 e. The molecule has 0 aromatic heterocycles. The summed E-state index contributed by atoms with van der Waals surface area (Å²) >= 11 is 0. The van der Waals surface area contributed by atoms with Crippen LogP contribution in [0.4, 0.5) is 0 Å². The van der Waals surface area contributed by atoms with E-state index in [1.54, 1.807) is 0 Å². The van der Waals surface area contributed by atoms with Gasteiger partial charge >= 0.3 is 0 Å². The Morgan fingerprint density at radius 2 is 0.228 bits per heavy atom. The highest BCUT2D eigenvalue weighted by Crippen LogP contribution is 1.63. The molecule has 0 fully saturated rings. The number of hydrogen-bond donors (Lipinski definition) is 0. The Balaban J connectivity index is 4.58. The van der Waals surface area contributed by atoms with Crippen LogP contribution in [0.1, 0.15) is 0 Å². The van der Waals surface area contributed by atoms with Crippen LogP contribution in [0.5, 0.6) is 0 Å². The Morgan fingerprint density at radius 1 is 0.140 bits per heavy atom. The molecule has 0 heterocycles. The molecule has 0 saturated carbocycles. The van der Waals surface area contributed by atoms with Crippen LogP contribution in [0, 0.1) is 339 Å². The Morgan fingerprint density at radius 3 is 0.316 bits per heavy atom. The van der Waals surface area contributed by atoms with Crippen LogP contribution in [0.25, 0.3) is 0 Å². The summed E-state index contributed by atoms with van der Waals surface area (Å²) in [6, 6.07) is 0. The summed E-state index contributed by atoms with van der Waals surface area (Å²) in [5, 5.41) is 0. The molecule has 0 saturated heterocycles. The summed E-state index contributed by atoms with van der Waals surface area (Å²) in [5.41, 5.74) is 0. The highest BCUT2D eigenvalue weighted by molar-refractivity contribution is 5.51. The topological polar surface area (TPSA) is 0 Å². The van der Waals surface area contributed by atoms with Gasteiger partial charge in [0.1, 0.15) is 0 Å². The number of rotatable bonds is 0. The fourth-order valence-electron chi connectivity index (χ4n) is 1.67. The lowest BCUT2D eigenvalue weighted by Gasteiger charge is -1.64. The van der Waals surface area contributed by atoms with E-state index in [1.165, 1.54) is 0 Å². The highest BCUT2D eigenvalue weighted by Gasteiger charge is 1.62. The van der Waals surface area contributed by atoms with E-state index in [0.717, 1.165) is 0 Å². The molecule has 0 aliphatic rings. The highest BCUT2D eigenvalue weighted by atomic mass is 13.6. The molecule has 232 valence electrons. The van der Waals surface area contributed by atoms with Gasteiger partial charge < -0.3 is 6.42 Å². The predicted octanol–water partition coefficient (Wildman–Crippen LogP) is 0.502. The monoisotopic (exact) mass is 686 g/mol. The van der Waals surface area contributed by atoms with Crippen LogP contribution in [0.3, 0.4) is 0 Å². The first kappa shape index (κ1) is 44.5. The third-order valence-corrected chi connectivity index (χ3v) is 3.40. The van der Waals surface area contributed by atoms with Crippen molar-refractivity contribution in [2.75, 3.05) is 0 Å². The van der Waals surface area contributed by atoms with Gasteiger partial charge in [-0.1, -0.05) is 0 Å². The van der Waals surface area contributed by atoms with Crippen molar-refractivity contribution in [3.8, 4) is 326 Å². The molecular formula is C57H2-2. The summed E-state index contributed by atoms with van der Waals surface area (Å²) in [5.74, 6) is 136. The fraction of sp³-hybridized carbons (Fsp3) is 0. The predicted molar refractivity (Wildman–Crippen MR) is 222 cm³/mol. The van der Waals surface area contributed by atoms with Crippen LogP contribution >= 0.6 is 0 Å². The van der Waals surface area contributed by atoms with Crippen LogP contribution in [-0.2, 0) is 0 Å². The minimum Gasteiger partial charge on any atom is -0.358 e. The molecule has 0 aliphatic heterocycles. The van der Waals surface area contributed by atoms with Gasteiger partial charge in [0.25, 0.3) is 0 Å². The Labute approximate surface area is 337 Å². The molecule has 57 heavy (non-hydrogen) atoms. The van der Waals surface area contributed by atoms with Crippen LogP contribution < -0.4 is 0 Å². The van der Waals surface area contributed by atoms with E-state index in [4.69, 9.17) is 6.42 Å². The van der Waals surface area contributed by atoms with Crippen molar-refractivity contribution in [2.45, 2.75) is 0 Å². The molecule has 0 spiro atoms. The first-order chi connectivity index (χ1) is 28.4. The molecule has 0 heteroatoms. The zero-order chi connectivity index (χ0) is 40.9. The van der Waals surface area contributed by atoms with Gasteiger partial charge in [0.2, 0.25) is 0 Å². The van der Waals surface area contributed by atoms with Crippen LogP contribution in [0.15, 0.2) is 0 Å². The molecule has 0 radical (unpaired) electrons. The maximum Gasteiger partial charge on any atom is 0 e. The minimum absolute atomic E-state index is 1.87. The van der Waals surface area contributed by atoms with E-state index < -0.39 is 0 Å². The van der Waals surface area contributed by atoms with Gasteiger partial charge in [-0.3, -0.25) is 11.8 Å². The van der Waals surface area contributed by atoms with Gasteiger partial charge in [-0.25, -0.2) is 11.8 Å². The second kappa shape index (κ2) is 43.5. The Hall–Kier alpha value is -12.5. The van der Waals surface area contributed by atoms with Gasteiger partial charge in [-0.05, 0) is 94.7 Å². The first-order valence-electron chi connectivity index (χ1n) is 14.1. The van der Waals surface area contributed by atoms with Gasteiger partial charge in [0, 0.05) is 195 Å². The van der Waals surface area contributed by atoms with E-state index in [-0.39, 0.29) is 0 Å². The molecule has 0 bridgehead atoms. The van der Waals surface area contributed by atoms with E-state index in [1.807, 2.05) is 5.92 Å². The quantitative estimate of drug-likeness (QED) is 0.258. The second-order valence-corrected chi connectivity index (χ2v) is 6.93. The first-order valence-corrected chi connectivity index (χ1v) is 14.1. The molecule has 0 amide bonds. The maximum absolute atomic E-state index is 6.57. The molecule has 0 aliphatic carbocycles. The Kier molecular flexibility index (Phi) is 34.0. The van der Waals surface area contributed by atoms with Crippen molar-refractivity contribution in [1.29, 1.82) is 0 Å². The zero-order valence-electron chi connectivity index (χ0n) is 28.7. The summed E-state index contributed by atoms with van der Waals surface area (Å²) < 4.78 is 0. The summed E-state index contributed by atoms with van der Waals surface area (Å²) in [6.07, 6.45) is 6.57. The standard InChI is InChI=1S/C57H2/c1-3-5-7-9-11-13-15-17-19-21-23-25-27-29-31-33-35-37-39-41-43-45-47-49-51-53-55-57-56-54-52-50-48-46-44-42-40-38-36-34-32-30-28-26-24-22-20-18-16-14-12-10-8-6-4-2/h1H2/q-2. The van der Waals surface area contributed by atoms with Gasteiger partial charge in [-0.15, -0.1) is 11.8 Å².